The number of esters is 1. The second-order valence-electron chi connectivity index (χ2n) is 5.98. The molecule has 3 N–H and O–H groups in total. The first-order chi connectivity index (χ1) is 13.2. The molecule has 3 aromatic rings. The highest BCUT2D eigenvalue weighted by molar-refractivity contribution is 6.04. The summed E-state index contributed by atoms with van der Waals surface area (Å²) in [5, 5.41) is 9.26. The number of nitrogens with zero attached hydrogens (tertiary/aromatic N) is 1. The summed E-state index contributed by atoms with van der Waals surface area (Å²) in [6, 6.07) is 8.65. The zero-order chi connectivity index (χ0) is 20.6. The lowest BCUT2D eigenvalue weighted by molar-refractivity contribution is -0.137. The number of aliphatic hydroxyl groups excluding tert-OH is 1. The predicted molar refractivity (Wildman–Crippen MR) is 96.2 cm³/mol. The number of halogens is 3. The maximum Gasteiger partial charge on any atom is 0.416 e. The number of benzene rings is 2. The summed E-state index contributed by atoms with van der Waals surface area (Å²) in [6.45, 7) is -0.247. The summed E-state index contributed by atoms with van der Waals surface area (Å²) in [4.78, 5) is 25.1. The van der Waals surface area contributed by atoms with Crippen LogP contribution in [0.2, 0.25) is 0 Å². The van der Waals surface area contributed by atoms with Crippen LogP contribution in [0.3, 0.4) is 0 Å². The quantitative estimate of drug-likeness (QED) is 0.669. The van der Waals surface area contributed by atoms with Crippen LogP contribution in [0, 0.1) is 0 Å². The van der Waals surface area contributed by atoms with Gasteiger partial charge in [0.2, 0.25) is 0 Å². The lowest BCUT2D eigenvalue weighted by Crippen LogP contribution is -2.28. The zero-order valence-electron chi connectivity index (χ0n) is 14.6. The molecule has 1 heterocycles. The van der Waals surface area contributed by atoms with E-state index in [4.69, 9.17) is 10.8 Å². The molecule has 0 aliphatic rings. The number of carbonyl (C=O) groups is 1. The molecule has 1 aromatic heterocycles. The minimum Gasteiger partial charge on any atom is -0.465 e. The van der Waals surface area contributed by atoms with E-state index in [-0.39, 0.29) is 28.9 Å². The molecule has 0 saturated heterocycles. The summed E-state index contributed by atoms with van der Waals surface area (Å²) in [5.41, 5.74) is 3.95. The summed E-state index contributed by atoms with van der Waals surface area (Å²) in [7, 11) is 1.07. The van der Waals surface area contributed by atoms with Crippen molar-refractivity contribution in [1.82, 2.24) is 4.57 Å². The third-order valence-corrected chi connectivity index (χ3v) is 4.31. The van der Waals surface area contributed by atoms with Crippen LogP contribution in [0.1, 0.15) is 21.5 Å². The van der Waals surface area contributed by atoms with Crippen LogP contribution in [-0.2, 0) is 17.5 Å². The predicted octanol–water partition coefficient (Wildman–Crippen LogP) is 2.87. The SMILES string of the molecule is COC(=O)c1c(N)c2ccc(C(F)(F)F)cc2n(-c2ccc(CO)cc2)c1=O. The molecule has 0 saturated carbocycles. The van der Waals surface area contributed by atoms with Crippen LogP contribution in [0.5, 0.6) is 0 Å². The van der Waals surface area contributed by atoms with Crippen molar-refractivity contribution in [2.24, 2.45) is 0 Å². The van der Waals surface area contributed by atoms with Gasteiger partial charge in [-0.2, -0.15) is 13.2 Å². The number of alkyl halides is 3. The molecule has 0 aliphatic carbocycles. The number of aliphatic hydroxyl groups is 1. The van der Waals surface area contributed by atoms with Crippen LogP contribution in [0.15, 0.2) is 47.3 Å². The van der Waals surface area contributed by atoms with Gasteiger partial charge in [-0.1, -0.05) is 18.2 Å². The lowest BCUT2D eigenvalue weighted by Gasteiger charge is -2.17. The van der Waals surface area contributed by atoms with Gasteiger partial charge in [0.15, 0.2) is 0 Å². The van der Waals surface area contributed by atoms with Gasteiger partial charge in [0.25, 0.3) is 5.56 Å². The van der Waals surface area contributed by atoms with Gasteiger partial charge < -0.3 is 15.6 Å². The second-order valence-corrected chi connectivity index (χ2v) is 5.98. The molecule has 0 unspecified atom stereocenters. The molecule has 28 heavy (non-hydrogen) atoms. The van der Waals surface area contributed by atoms with Crippen molar-refractivity contribution in [2.45, 2.75) is 12.8 Å². The van der Waals surface area contributed by atoms with Crippen molar-refractivity contribution in [2.75, 3.05) is 12.8 Å². The number of rotatable bonds is 3. The number of aromatic nitrogens is 1. The number of nitrogen functional groups attached to an aromatic ring is 1. The van der Waals surface area contributed by atoms with Crippen molar-refractivity contribution < 1.29 is 27.8 Å². The van der Waals surface area contributed by atoms with E-state index in [9.17, 15) is 22.8 Å². The molecule has 0 aliphatic heterocycles. The Bertz CT molecular complexity index is 1120. The molecule has 0 amide bonds. The van der Waals surface area contributed by atoms with E-state index in [0.717, 1.165) is 29.9 Å². The molecule has 9 heteroatoms. The zero-order valence-corrected chi connectivity index (χ0v) is 14.6. The van der Waals surface area contributed by atoms with E-state index in [0.29, 0.717) is 5.56 Å². The van der Waals surface area contributed by atoms with Crippen LogP contribution < -0.4 is 11.3 Å². The Morgan fingerprint density at radius 1 is 1.18 bits per heavy atom. The van der Waals surface area contributed by atoms with E-state index in [2.05, 4.69) is 4.74 Å². The number of ether oxygens (including phenoxy) is 1. The first-order valence-corrected chi connectivity index (χ1v) is 8.03. The number of anilines is 1. The van der Waals surface area contributed by atoms with Crippen molar-refractivity contribution in [3.63, 3.8) is 0 Å². The van der Waals surface area contributed by atoms with E-state index < -0.39 is 28.8 Å². The maximum absolute atomic E-state index is 13.2. The van der Waals surface area contributed by atoms with E-state index in [1.54, 1.807) is 0 Å². The topological polar surface area (TPSA) is 94.6 Å². The van der Waals surface area contributed by atoms with Crippen molar-refractivity contribution in [1.29, 1.82) is 0 Å². The van der Waals surface area contributed by atoms with Gasteiger partial charge in [0.1, 0.15) is 5.56 Å². The van der Waals surface area contributed by atoms with Gasteiger partial charge in [-0.25, -0.2) is 4.79 Å². The minimum absolute atomic E-state index is 0.0965. The summed E-state index contributed by atoms with van der Waals surface area (Å²) >= 11 is 0. The molecule has 3 rings (SSSR count). The normalized spacial score (nSPS) is 11.6. The van der Waals surface area contributed by atoms with Crippen LogP contribution in [0.25, 0.3) is 16.6 Å². The number of pyridine rings is 1. The molecule has 0 atom stereocenters. The maximum atomic E-state index is 13.2. The first-order valence-electron chi connectivity index (χ1n) is 8.03. The summed E-state index contributed by atoms with van der Waals surface area (Å²) < 4.78 is 45.1. The Labute approximate surface area is 156 Å². The fourth-order valence-corrected chi connectivity index (χ4v) is 2.90. The van der Waals surface area contributed by atoms with Crippen LogP contribution in [-0.4, -0.2) is 22.8 Å². The van der Waals surface area contributed by atoms with E-state index >= 15 is 0 Å². The number of nitrogens with two attached hydrogens (primary N) is 1. The lowest BCUT2D eigenvalue weighted by atomic mass is 10.0. The Morgan fingerprint density at radius 3 is 2.36 bits per heavy atom. The molecule has 0 spiro atoms. The summed E-state index contributed by atoms with van der Waals surface area (Å²) in [6.07, 6.45) is -4.63. The molecule has 6 nitrogen and oxygen atoms in total. The van der Waals surface area contributed by atoms with Gasteiger partial charge >= 0.3 is 12.1 Å². The highest BCUT2D eigenvalue weighted by Crippen LogP contribution is 2.33. The van der Waals surface area contributed by atoms with E-state index in [1.807, 2.05) is 0 Å². The molecule has 0 radical (unpaired) electrons. The molecule has 146 valence electrons. The van der Waals surface area contributed by atoms with Crippen molar-refractivity contribution in [3.05, 3.63) is 69.5 Å². The monoisotopic (exact) mass is 392 g/mol. The van der Waals surface area contributed by atoms with E-state index in [1.165, 1.54) is 24.3 Å². The Hall–Kier alpha value is -3.33. The Kier molecular flexibility index (Phi) is 4.86. The second kappa shape index (κ2) is 7.01. The largest absolute Gasteiger partial charge is 0.465 e. The molecule has 2 aromatic carbocycles. The van der Waals surface area contributed by atoms with Gasteiger partial charge in [0, 0.05) is 11.1 Å². The number of carbonyl (C=O) groups excluding carboxylic acids is 1. The number of hydrogen-bond acceptors (Lipinski definition) is 5. The number of methoxy groups -OCH3 is 1. The van der Waals surface area contributed by atoms with Gasteiger partial charge in [-0.3, -0.25) is 9.36 Å². The van der Waals surface area contributed by atoms with Crippen LogP contribution >= 0.6 is 0 Å². The smallest absolute Gasteiger partial charge is 0.416 e. The highest BCUT2D eigenvalue weighted by atomic mass is 19.4. The highest BCUT2D eigenvalue weighted by Gasteiger charge is 2.32. The third kappa shape index (κ3) is 3.20. The molecular weight excluding hydrogens is 377 g/mol. The average Bonchev–Trinajstić information content (AvgIpc) is 2.67. The average molecular weight is 392 g/mol. The van der Waals surface area contributed by atoms with Crippen molar-refractivity contribution >= 4 is 22.6 Å². The summed E-state index contributed by atoms with van der Waals surface area (Å²) in [5.74, 6) is -0.995. The standard InChI is InChI=1S/C19H15F3N2O4/c1-28-18(27)15-16(23)13-7-4-11(19(20,21)22)8-14(13)24(17(15)26)12-5-2-10(9-25)3-6-12/h2-8,25H,9,23H2,1H3. The third-order valence-electron chi connectivity index (χ3n) is 4.31. The molecule has 0 bridgehead atoms. The fourth-order valence-electron chi connectivity index (χ4n) is 2.90. The Balaban J connectivity index is 2.46. The Morgan fingerprint density at radius 2 is 1.82 bits per heavy atom. The minimum atomic E-state index is -4.63. The molecule has 0 fully saturated rings. The number of hydrogen-bond donors (Lipinski definition) is 2. The van der Waals surface area contributed by atoms with Gasteiger partial charge in [-0.05, 0) is 29.8 Å². The van der Waals surface area contributed by atoms with Crippen molar-refractivity contribution in [3.8, 4) is 5.69 Å². The fraction of sp³-hybridized carbons (Fsp3) is 0.158. The van der Waals surface area contributed by atoms with Crippen LogP contribution in [0.4, 0.5) is 18.9 Å². The van der Waals surface area contributed by atoms with Gasteiger partial charge in [-0.15, -0.1) is 0 Å². The van der Waals surface area contributed by atoms with Gasteiger partial charge in [0.05, 0.1) is 30.5 Å². The first kappa shape index (κ1) is 19.4. The molecular formula is C19H15F3N2O4. The number of fused-ring (bicyclic) bond motifs is 1.